The third-order valence-corrected chi connectivity index (χ3v) is 2.05. The zero-order chi connectivity index (χ0) is 8.69. The molecule has 0 spiro atoms. The number of methoxy groups -OCH3 is 2. The van der Waals surface area contributed by atoms with Gasteiger partial charge in [0.1, 0.15) is 0 Å². The molecule has 0 saturated heterocycles. The summed E-state index contributed by atoms with van der Waals surface area (Å²) in [5, 5.41) is 0. The molecule has 0 aromatic rings. The van der Waals surface area contributed by atoms with Gasteiger partial charge in [0, 0.05) is 20.8 Å². The Kier molecular flexibility index (Phi) is 6.57. The molecule has 2 heteroatoms. The molecule has 0 amide bonds. The van der Waals surface area contributed by atoms with Gasteiger partial charge in [-0.2, -0.15) is 0 Å². The smallest absolute Gasteiger partial charge is 0.0546 e. The topological polar surface area (TPSA) is 18.5 Å². The monoisotopic (exact) mass is 160 g/mol. The molecule has 2 nitrogen and oxygen atoms in total. The van der Waals surface area contributed by atoms with Crippen molar-refractivity contribution in [3.8, 4) is 0 Å². The van der Waals surface area contributed by atoms with Gasteiger partial charge < -0.3 is 9.47 Å². The molecule has 0 saturated carbocycles. The van der Waals surface area contributed by atoms with E-state index in [0.717, 1.165) is 13.0 Å². The van der Waals surface area contributed by atoms with Gasteiger partial charge in [-0.3, -0.25) is 0 Å². The molecule has 0 heterocycles. The zero-order valence-electron chi connectivity index (χ0n) is 8.09. The Morgan fingerprint density at radius 3 is 2.27 bits per heavy atom. The standard InChI is InChI=1S/C9H20O2/c1-5-9(7-10-3)6-8(2)11-4/h8-9H,5-7H2,1-4H3. The van der Waals surface area contributed by atoms with Gasteiger partial charge >= 0.3 is 0 Å². The number of ether oxygens (including phenoxy) is 2. The molecule has 0 aliphatic heterocycles. The summed E-state index contributed by atoms with van der Waals surface area (Å²) in [4.78, 5) is 0. The van der Waals surface area contributed by atoms with Crippen LogP contribution in [0.2, 0.25) is 0 Å². The molecule has 0 aromatic carbocycles. The lowest BCUT2D eigenvalue weighted by Gasteiger charge is -2.17. The minimum Gasteiger partial charge on any atom is -0.384 e. The van der Waals surface area contributed by atoms with Crippen molar-refractivity contribution < 1.29 is 9.47 Å². The first kappa shape index (κ1) is 10.9. The molecule has 68 valence electrons. The highest BCUT2D eigenvalue weighted by molar-refractivity contribution is 4.60. The fourth-order valence-electron chi connectivity index (χ4n) is 1.15. The van der Waals surface area contributed by atoms with E-state index in [-0.39, 0.29) is 0 Å². The van der Waals surface area contributed by atoms with Gasteiger partial charge in [-0.15, -0.1) is 0 Å². The lowest BCUT2D eigenvalue weighted by Crippen LogP contribution is -2.15. The lowest BCUT2D eigenvalue weighted by molar-refractivity contribution is 0.0686. The van der Waals surface area contributed by atoms with E-state index in [2.05, 4.69) is 13.8 Å². The first-order valence-corrected chi connectivity index (χ1v) is 4.26. The first-order chi connectivity index (χ1) is 5.24. The van der Waals surface area contributed by atoms with Crippen molar-refractivity contribution in [3.63, 3.8) is 0 Å². The minimum atomic E-state index is 0.357. The van der Waals surface area contributed by atoms with E-state index in [1.807, 2.05) is 0 Å². The molecular weight excluding hydrogens is 140 g/mol. The highest BCUT2D eigenvalue weighted by Crippen LogP contribution is 2.12. The molecule has 0 fully saturated rings. The first-order valence-electron chi connectivity index (χ1n) is 4.26. The molecule has 0 radical (unpaired) electrons. The predicted molar refractivity (Wildman–Crippen MR) is 46.7 cm³/mol. The fourth-order valence-corrected chi connectivity index (χ4v) is 1.15. The van der Waals surface area contributed by atoms with E-state index in [0.29, 0.717) is 12.0 Å². The largest absolute Gasteiger partial charge is 0.384 e. The fraction of sp³-hybridized carbons (Fsp3) is 1.00. The van der Waals surface area contributed by atoms with Crippen LogP contribution in [-0.4, -0.2) is 26.9 Å². The Bertz CT molecular complexity index is 83.6. The quantitative estimate of drug-likeness (QED) is 0.592. The van der Waals surface area contributed by atoms with Crippen molar-refractivity contribution in [2.45, 2.75) is 32.8 Å². The summed E-state index contributed by atoms with van der Waals surface area (Å²) in [5.41, 5.74) is 0. The van der Waals surface area contributed by atoms with Crippen LogP contribution in [0.1, 0.15) is 26.7 Å². The maximum absolute atomic E-state index is 5.17. The Morgan fingerprint density at radius 1 is 1.27 bits per heavy atom. The van der Waals surface area contributed by atoms with Crippen LogP contribution >= 0.6 is 0 Å². The van der Waals surface area contributed by atoms with Gasteiger partial charge in [0.25, 0.3) is 0 Å². The molecular formula is C9H20O2. The summed E-state index contributed by atoms with van der Waals surface area (Å²) >= 11 is 0. The summed E-state index contributed by atoms with van der Waals surface area (Å²) < 4.78 is 10.3. The Balaban J connectivity index is 3.49. The van der Waals surface area contributed by atoms with E-state index < -0.39 is 0 Å². The molecule has 0 aliphatic rings. The maximum Gasteiger partial charge on any atom is 0.0546 e. The van der Waals surface area contributed by atoms with Gasteiger partial charge in [-0.1, -0.05) is 13.3 Å². The molecule has 2 atom stereocenters. The molecule has 0 N–H and O–H groups in total. The molecule has 0 aromatic heterocycles. The van der Waals surface area contributed by atoms with Crippen LogP contribution in [0.15, 0.2) is 0 Å². The second kappa shape index (κ2) is 6.62. The van der Waals surface area contributed by atoms with E-state index in [1.54, 1.807) is 14.2 Å². The van der Waals surface area contributed by atoms with Crippen LogP contribution < -0.4 is 0 Å². The predicted octanol–water partition coefficient (Wildman–Crippen LogP) is 2.08. The summed E-state index contributed by atoms with van der Waals surface area (Å²) in [6, 6.07) is 0. The van der Waals surface area contributed by atoms with Gasteiger partial charge in [0.05, 0.1) is 6.10 Å². The SMILES string of the molecule is CCC(COC)CC(C)OC. The van der Waals surface area contributed by atoms with E-state index in [1.165, 1.54) is 6.42 Å². The summed E-state index contributed by atoms with van der Waals surface area (Å²) in [6.45, 7) is 5.13. The van der Waals surface area contributed by atoms with Crippen molar-refractivity contribution in [1.29, 1.82) is 0 Å². The number of hydrogen-bond donors (Lipinski definition) is 0. The second-order valence-electron chi connectivity index (χ2n) is 3.01. The molecule has 0 rings (SSSR count). The van der Waals surface area contributed by atoms with Gasteiger partial charge in [0.15, 0.2) is 0 Å². The average molecular weight is 160 g/mol. The van der Waals surface area contributed by atoms with Crippen LogP contribution in [0.5, 0.6) is 0 Å². The number of rotatable bonds is 6. The van der Waals surface area contributed by atoms with Crippen LogP contribution in [0.3, 0.4) is 0 Å². The molecule has 2 unspecified atom stereocenters. The van der Waals surface area contributed by atoms with Crippen molar-refractivity contribution in [1.82, 2.24) is 0 Å². The zero-order valence-corrected chi connectivity index (χ0v) is 8.09. The normalized spacial score (nSPS) is 16.4. The van der Waals surface area contributed by atoms with Crippen LogP contribution in [0.4, 0.5) is 0 Å². The van der Waals surface area contributed by atoms with Crippen molar-refractivity contribution in [2.75, 3.05) is 20.8 Å². The molecule has 11 heavy (non-hydrogen) atoms. The lowest BCUT2D eigenvalue weighted by atomic mass is 10.0. The van der Waals surface area contributed by atoms with Crippen molar-refractivity contribution in [2.24, 2.45) is 5.92 Å². The summed E-state index contributed by atoms with van der Waals surface area (Å²) in [7, 11) is 3.50. The Labute approximate surface area is 69.9 Å². The van der Waals surface area contributed by atoms with Crippen molar-refractivity contribution >= 4 is 0 Å². The molecule has 0 aliphatic carbocycles. The van der Waals surface area contributed by atoms with Crippen LogP contribution in [0, 0.1) is 5.92 Å². The third kappa shape index (κ3) is 5.22. The van der Waals surface area contributed by atoms with Crippen molar-refractivity contribution in [3.05, 3.63) is 0 Å². The summed E-state index contributed by atoms with van der Waals surface area (Å²) in [6.07, 6.45) is 2.62. The van der Waals surface area contributed by atoms with Gasteiger partial charge in [0.2, 0.25) is 0 Å². The van der Waals surface area contributed by atoms with Gasteiger partial charge in [-0.25, -0.2) is 0 Å². The highest BCUT2D eigenvalue weighted by Gasteiger charge is 2.09. The second-order valence-corrected chi connectivity index (χ2v) is 3.01. The Morgan fingerprint density at radius 2 is 1.91 bits per heavy atom. The summed E-state index contributed by atoms with van der Waals surface area (Å²) in [5.74, 6) is 0.648. The van der Waals surface area contributed by atoms with E-state index >= 15 is 0 Å². The van der Waals surface area contributed by atoms with E-state index in [9.17, 15) is 0 Å². The minimum absolute atomic E-state index is 0.357. The van der Waals surface area contributed by atoms with Gasteiger partial charge in [-0.05, 0) is 19.3 Å². The maximum atomic E-state index is 5.17. The number of hydrogen-bond acceptors (Lipinski definition) is 2. The van der Waals surface area contributed by atoms with Crippen LogP contribution in [0.25, 0.3) is 0 Å². The van der Waals surface area contributed by atoms with Crippen LogP contribution in [-0.2, 0) is 9.47 Å². The third-order valence-electron chi connectivity index (χ3n) is 2.05. The Hall–Kier alpha value is -0.0800. The average Bonchev–Trinajstić information content (AvgIpc) is 2.03. The molecule has 0 bridgehead atoms. The highest BCUT2D eigenvalue weighted by atomic mass is 16.5. The van der Waals surface area contributed by atoms with E-state index in [4.69, 9.17) is 9.47 Å².